The average molecular weight is 520 g/mol. The Bertz CT molecular complexity index is 1320. The van der Waals surface area contributed by atoms with Gasteiger partial charge >= 0.3 is 0 Å². The lowest BCUT2D eigenvalue weighted by Gasteiger charge is -2.36. The molecule has 1 aliphatic heterocycles. The van der Waals surface area contributed by atoms with E-state index in [0.717, 1.165) is 66.2 Å². The highest BCUT2D eigenvalue weighted by molar-refractivity contribution is 5.86. The number of primary amides is 1. The van der Waals surface area contributed by atoms with Crippen molar-refractivity contribution in [2.75, 3.05) is 13.6 Å². The van der Waals surface area contributed by atoms with Gasteiger partial charge in [-0.3, -0.25) is 14.6 Å². The van der Waals surface area contributed by atoms with E-state index in [0.29, 0.717) is 13.0 Å². The molecule has 1 saturated heterocycles. The fraction of sp³-hybridized carbons (Fsp3) is 0.500. The summed E-state index contributed by atoms with van der Waals surface area (Å²) in [4.78, 5) is 32.8. The summed E-state index contributed by atoms with van der Waals surface area (Å²) in [7, 11) is 1.73. The SMILES string of the molecule is CNC(CC(C(=O)N1CCCC1c1cncc(-n2cc(C)c3cc(F)ccc32)c1)C1CCCCC1)C(N)=O. The Labute approximate surface area is 223 Å². The number of fused-ring (bicyclic) bond motifs is 1. The van der Waals surface area contributed by atoms with Gasteiger partial charge in [0, 0.05) is 30.2 Å². The second-order valence-corrected chi connectivity index (χ2v) is 11.0. The zero-order valence-corrected chi connectivity index (χ0v) is 22.3. The molecule has 2 aliphatic rings. The minimum absolute atomic E-state index is 0.0666. The van der Waals surface area contributed by atoms with Gasteiger partial charge in [-0.1, -0.05) is 19.3 Å². The van der Waals surface area contributed by atoms with E-state index in [9.17, 15) is 14.0 Å². The van der Waals surface area contributed by atoms with Gasteiger partial charge < -0.3 is 20.5 Å². The van der Waals surface area contributed by atoms with Crippen LogP contribution in [0.4, 0.5) is 4.39 Å². The number of benzene rings is 1. The fourth-order valence-corrected chi connectivity index (χ4v) is 6.59. The third kappa shape index (κ3) is 5.19. The van der Waals surface area contributed by atoms with Crippen molar-refractivity contribution < 1.29 is 14.0 Å². The van der Waals surface area contributed by atoms with E-state index in [1.54, 1.807) is 19.2 Å². The van der Waals surface area contributed by atoms with Gasteiger partial charge in [0.15, 0.2) is 0 Å². The Morgan fingerprint density at radius 3 is 2.66 bits per heavy atom. The smallest absolute Gasteiger partial charge is 0.234 e. The summed E-state index contributed by atoms with van der Waals surface area (Å²) in [6, 6.07) is 6.34. The molecule has 2 aromatic heterocycles. The quantitative estimate of drug-likeness (QED) is 0.447. The van der Waals surface area contributed by atoms with Crippen molar-refractivity contribution in [1.82, 2.24) is 19.8 Å². The molecule has 202 valence electrons. The number of hydrogen-bond donors (Lipinski definition) is 2. The molecular weight excluding hydrogens is 481 g/mol. The van der Waals surface area contributed by atoms with E-state index < -0.39 is 11.9 Å². The molecule has 3 atom stereocenters. The molecule has 0 radical (unpaired) electrons. The number of likely N-dealkylation sites (N-methyl/N-ethyl adjacent to an activating group) is 1. The van der Waals surface area contributed by atoms with Crippen LogP contribution >= 0.6 is 0 Å². The van der Waals surface area contributed by atoms with Gasteiger partial charge in [0.05, 0.1) is 29.5 Å². The zero-order chi connectivity index (χ0) is 26.8. The number of rotatable bonds is 8. The topological polar surface area (TPSA) is 93.2 Å². The van der Waals surface area contributed by atoms with Crippen molar-refractivity contribution in [3.8, 4) is 5.69 Å². The molecule has 1 aromatic carbocycles. The highest BCUT2D eigenvalue weighted by Crippen LogP contribution is 2.39. The third-order valence-corrected chi connectivity index (χ3v) is 8.63. The molecule has 38 heavy (non-hydrogen) atoms. The molecular formula is C30H38FN5O2. The van der Waals surface area contributed by atoms with Crippen LogP contribution in [0.5, 0.6) is 0 Å². The fourth-order valence-electron chi connectivity index (χ4n) is 6.59. The number of likely N-dealkylation sites (tertiary alicyclic amines) is 1. The number of hydrogen-bond acceptors (Lipinski definition) is 4. The van der Waals surface area contributed by atoms with Crippen LogP contribution in [0.15, 0.2) is 42.9 Å². The van der Waals surface area contributed by atoms with Crippen molar-refractivity contribution in [3.05, 3.63) is 59.8 Å². The number of carbonyl (C=O) groups excluding carboxylic acids is 2. The van der Waals surface area contributed by atoms with Crippen LogP contribution < -0.4 is 11.1 Å². The van der Waals surface area contributed by atoms with Gasteiger partial charge in [0.25, 0.3) is 0 Å². The lowest BCUT2D eigenvalue weighted by Crippen LogP contribution is -2.46. The van der Waals surface area contributed by atoms with E-state index in [2.05, 4.69) is 16.4 Å². The minimum Gasteiger partial charge on any atom is -0.368 e. The van der Waals surface area contributed by atoms with Gasteiger partial charge in [0.1, 0.15) is 5.82 Å². The van der Waals surface area contributed by atoms with E-state index in [-0.39, 0.29) is 29.6 Å². The Kier molecular flexibility index (Phi) is 7.79. The first-order valence-electron chi connectivity index (χ1n) is 13.9. The summed E-state index contributed by atoms with van der Waals surface area (Å²) >= 11 is 0. The summed E-state index contributed by atoms with van der Waals surface area (Å²) in [6.45, 7) is 2.67. The molecule has 1 saturated carbocycles. The van der Waals surface area contributed by atoms with Crippen LogP contribution in [0, 0.1) is 24.6 Å². The van der Waals surface area contributed by atoms with Gasteiger partial charge in [0.2, 0.25) is 11.8 Å². The van der Waals surface area contributed by atoms with E-state index in [1.807, 2.05) is 35.0 Å². The van der Waals surface area contributed by atoms with Crippen molar-refractivity contribution in [2.45, 2.75) is 70.4 Å². The second kappa shape index (κ2) is 11.2. The number of aryl methyl sites for hydroxylation is 1. The lowest BCUT2D eigenvalue weighted by atomic mass is 9.76. The van der Waals surface area contributed by atoms with Crippen LogP contribution in [0.3, 0.4) is 0 Å². The highest BCUT2D eigenvalue weighted by Gasteiger charge is 2.39. The molecule has 3 heterocycles. The molecule has 3 aromatic rings. The standard InChI is InChI=1S/C30H38FN5O2/c1-19-18-36(28-11-10-22(31)14-24(19)28)23-13-21(16-34-17-23)27-9-6-12-35(27)30(38)25(15-26(33-2)29(32)37)20-7-4-3-5-8-20/h10-11,13-14,16-18,20,25-27,33H,3-9,12,15H2,1-2H3,(H2,32,37). The maximum absolute atomic E-state index is 14.2. The number of aromatic nitrogens is 2. The number of nitrogens with one attached hydrogen (secondary N) is 1. The van der Waals surface area contributed by atoms with Crippen LogP contribution in [-0.2, 0) is 9.59 Å². The van der Waals surface area contributed by atoms with Crippen molar-refractivity contribution in [1.29, 1.82) is 0 Å². The van der Waals surface area contributed by atoms with Crippen LogP contribution in [0.2, 0.25) is 0 Å². The molecule has 3 unspecified atom stereocenters. The molecule has 0 spiro atoms. The summed E-state index contributed by atoms with van der Waals surface area (Å²) < 4.78 is 15.9. The number of nitrogens with two attached hydrogens (primary N) is 1. The maximum Gasteiger partial charge on any atom is 0.234 e. The molecule has 1 aliphatic carbocycles. The summed E-state index contributed by atoms with van der Waals surface area (Å²) in [5.41, 5.74) is 9.46. The Morgan fingerprint density at radius 1 is 1.13 bits per heavy atom. The Hall–Kier alpha value is -3.26. The maximum atomic E-state index is 14.2. The number of halogens is 1. The molecule has 0 bridgehead atoms. The number of amides is 2. The van der Waals surface area contributed by atoms with Crippen LogP contribution in [0.1, 0.15) is 68.5 Å². The third-order valence-electron chi connectivity index (χ3n) is 8.63. The first-order chi connectivity index (χ1) is 18.4. The zero-order valence-electron chi connectivity index (χ0n) is 22.3. The largest absolute Gasteiger partial charge is 0.368 e. The Balaban J connectivity index is 1.44. The van der Waals surface area contributed by atoms with Gasteiger partial charge in [-0.15, -0.1) is 0 Å². The first kappa shape index (κ1) is 26.4. The van der Waals surface area contributed by atoms with Crippen molar-refractivity contribution in [2.24, 2.45) is 17.6 Å². The van der Waals surface area contributed by atoms with Crippen molar-refractivity contribution in [3.63, 3.8) is 0 Å². The van der Waals surface area contributed by atoms with Gasteiger partial charge in [-0.25, -0.2) is 4.39 Å². The summed E-state index contributed by atoms with van der Waals surface area (Å²) in [5, 5.41) is 3.90. The van der Waals surface area contributed by atoms with Crippen LogP contribution in [-0.4, -0.2) is 45.9 Å². The lowest BCUT2D eigenvalue weighted by molar-refractivity contribution is -0.139. The number of carbonyl (C=O) groups is 2. The summed E-state index contributed by atoms with van der Waals surface area (Å²) in [5.74, 6) is -0.501. The number of pyridine rings is 1. The van der Waals surface area contributed by atoms with E-state index >= 15 is 0 Å². The highest BCUT2D eigenvalue weighted by atomic mass is 19.1. The molecule has 8 heteroatoms. The monoisotopic (exact) mass is 519 g/mol. The molecule has 7 nitrogen and oxygen atoms in total. The van der Waals surface area contributed by atoms with Gasteiger partial charge in [-0.05, 0) is 87.4 Å². The molecule has 2 fully saturated rings. The normalized spacial score (nSPS) is 20.1. The summed E-state index contributed by atoms with van der Waals surface area (Å²) in [6.07, 6.45) is 13.4. The van der Waals surface area contributed by atoms with Crippen LogP contribution in [0.25, 0.3) is 16.6 Å². The average Bonchev–Trinajstić information content (AvgIpc) is 3.54. The second-order valence-electron chi connectivity index (χ2n) is 11.0. The minimum atomic E-state index is -0.521. The Morgan fingerprint density at radius 2 is 1.92 bits per heavy atom. The van der Waals surface area contributed by atoms with Crippen molar-refractivity contribution >= 4 is 22.7 Å². The molecule has 2 amide bonds. The first-order valence-corrected chi connectivity index (χ1v) is 13.9. The number of nitrogens with zero attached hydrogens (tertiary/aromatic N) is 3. The van der Waals surface area contributed by atoms with E-state index in [4.69, 9.17) is 5.73 Å². The van der Waals surface area contributed by atoms with E-state index in [1.165, 1.54) is 12.5 Å². The van der Waals surface area contributed by atoms with Gasteiger partial charge in [-0.2, -0.15) is 0 Å². The molecule has 5 rings (SSSR count). The molecule has 3 N–H and O–H groups in total. The predicted octanol–water partition coefficient (Wildman–Crippen LogP) is 4.80. The predicted molar refractivity (Wildman–Crippen MR) is 146 cm³/mol.